The van der Waals surface area contributed by atoms with E-state index in [4.69, 9.17) is 5.26 Å². The summed E-state index contributed by atoms with van der Waals surface area (Å²) in [5.74, 6) is 1.30. The molecule has 1 aromatic carbocycles. The number of hydroxylamine groups is 1. The maximum Gasteiger partial charge on any atom is 0.239 e. The zero-order valence-electron chi connectivity index (χ0n) is 26.8. The van der Waals surface area contributed by atoms with Crippen molar-refractivity contribution in [2.24, 2.45) is 17.8 Å². The van der Waals surface area contributed by atoms with Gasteiger partial charge in [0.05, 0.1) is 23.7 Å². The third-order valence-electron chi connectivity index (χ3n) is 9.42. The number of hydrogen-bond acceptors (Lipinski definition) is 8. The third kappa shape index (κ3) is 9.96. The molecule has 0 spiro atoms. The van der Waals surface area contributed by atoms with E-state index in [9.17, 15) is 14.7 Å². The second-order valence-electron chi connectivity index (χ2n) is 14.8. The molecular formula is C33H55N5O5. The van der Waals surface area contributed by atoms with E-state index in [1.807, 2.05) is 51.1 Å². The average molecular weight is 602 g/mol. The van der Waals surface area contributed by atoms with Crippen LogP contribution in [0.15, 0.2) is 30.3 Å². The van der Waals surface area contributed by atoms with Gasteiger partial charge in [-0.3, -0.25) is 14.5 Å². The number of carbonyl (C=O) groups excluding carboxylic acids is 2. The number of carbonyl (C=O) groups is 2. The summed E-state index contributed by atoms with van der Waals surface area (Å²) < 4.78 is 0. The standard InChI is InChI=1S/C33H55N5O5/c1-32(2,3)36-30(40)27-18-24-13-9-10-14-25(24)20-38(27)21-28(39)26(17-22-11-7-6-8-12-22)35-31(41)29(33(4,5)37-43-42)34-19-23-15-16-23/h6-8,11-12,23-29,34,37,39,42H,9-10,13-21H2,1-5H3,(H,35,41)(H,36,40)/t24?,25?,26?,27?,28?,29-/m1/s1. The largest absolute Gasteiger partial charge is 0.390 e. The number of aliphatic hydroxyl groups excluding tert-OH is 1. The minimum Gasteiger partial charge on any atom is -0.390 e. The molecule has 2 saturated carbocycles. The number of fused-ring (bicyclic) bond motifs is 1. The molecular weight excluding hydrogens is 546 g/mol. The quantitative estimate of drug-likeness (QED) is 0.142. The van der Waals surface area contributed by atoms with Crippen LogP contribution in [0.3, 0.4) is 0 Å². The van der Waals surface area contributed by atoms with Crippen LogP contribution in [0, 0.1) is 17.8 Å². The first-order valence-corrected chi connectivity index (χ1v) is 16.3. The van der Waals surface area contributed by atoms with Crippen LogP contribution >= 0.6 is 0 Å². The molecule has 10 nitrogen and oxygen atoms in total. The van der Waals surface area contributed by atoms with E-state index >= 15 is 0 Å². The van der Waals surface area contributed by atoms with Crippen LogP contribution in [-0.4, -0.2) is 82.0 Å². The van der Waals surface area contributed by atoms with Gasteiger partial charge >= 0.3 is 0 Å². The van der Waals surface area contributed by atoms with Crippen molar-refractivity contribution in [3.05, 3.63) is 35.9 Å². The van der Waals surface area contributed by atoms with Crippen molar-refractivity contribution in [3.8, 4) is 0 Å². The first-order valence-electron chi connectivity index (χ1n) is 16.3. The number of aliphatic hydroxyl groups is 1. The Hall–Kier alpha value is -2.08. The number of nitrogens with one attached hydrogen (secondary N) is 4. The fraction of sp³-hybridized carbons (Fsp3) is 0.758. The molecule has 6 N–H and O–H groups in total. The van der Waals surface area contributed by atoms with E-state index in [2.05, 4.69) is 31.3 Å². The highest BCUT2D eigenvalue weighted by Crippen LogP contribution is 2.39. The van der Waals surface area contributed by atoms with Gasteiger partial charge in [-0.25, -0.2) is 5.26 Å². The number of hydrogen-bond donors (Lipinski definition) is 6. The highest BCUT2D eigenvalue weighted by atomic mass is 17.2. The molecule has 0 bridgehead atoms. The van der Waals surface area contributed by atoms with Crippen molar-refractivity contribution in [1.82, 2.24) is 26.3 Å². The molecule has 1 heterocycles. The first-order chi connectivity index (χ1) is 20.4. The van der Waals surface area contributed by atoms with E-state index < -0.39 is 23.7 Å². The summed E-state index contributed by atoms with van der Waals surface area (Å²) in [6.45, 7) is 11.3. The second-order valence-corrected chi connectivity index (χ2v) is 14.8. The molecule has 0 radical (unpaired) electrons. The van der Waals surface area contributed by atoms with Gasteiger partial charge in [0.1, 0.15) is 6.04 Å². The lowest BCUT2D eigenvalue weighted by atomic mass is 9.72. The van der Waals surface area contributed by atoms with Crippen molar-refractivity contribution in [2.75, 3.05) is 19.6 Å². The van der Waals surface area contributed by atoms with Gasteiger partial charge in [0.2, 0.25) is 11.8 Å². The summed E-state index contributed by atoms with van der Waals surface area (Å²) in [6.07, 6.45) is 7.30. The molecule has 1 aromatic rings. The number of nitrogens with zero attached hydrogens (tertiary/aromatic N) is 1. The minimum atomic E-state index is -0.936. The van der Waals surface area contributed by atoms with Gasteiger partial charge in [-0.1, -0.05) is 49.6 Å². The second kappa shape index (κ2) is 14.8. The maximum atomic E-state index is 13.9. The lowest BCUT2D eigenvalue weighted by Crippen LogP contribution is -2.65. The Morgan fingerprint density at radius 2 is 1.70 bits per heavy atom. The van der Waals surface area contributed by atoms with Crippen molar-refractivity contribution >= 4 is 11.8 Å². The number of likely N-dealkylation sites (tertiary alicyclic amines) is 1. The maximum absolute atomic E-state index is 13.9. The predicted octanol–water partition coefficient (Wildman–Crippen LogP) is 3.01. The molecule has 242 valence electrons. The zero-order chi connectivity index (χ0) is 31.2. The fourth-order valence-electron chi connectivity index (χ4n) is 6.87. The van der Waals surface area contributed by atoms with E-state index in [1.165, 1.54) is 12.8 Å². The highest BCUT2D eigenvalue weighted by Gasteiger charge is 2.43. The Morgan fingerprint density at radius 3 is 2.33 bits per heavy atom. The van der Waals surface area contributed by atoms with Gasteiger partial charge in [0.25, 0.3) is 0 Å². The molecule has 6 atom stereocenters. The summed E-state index contributed by atoms with van der Waals surface area (Å²) in [4.78, 5) is 33.9. The first kappa shape index (κ1) is 33.8. The monoisotopic (exact) mass is 601 g/mol. The molecule has 1 aliphatic heterocycles. The zero-order valence-corrected chi connectivity index (χ0v) is 26.8. The topological polar surface area (TPSA) is 135 Å². The van der Waals surface area contributed by atoms with Crippen LogP contribution in [0.1, 0.15) is 85.1 Å². The molecule has 0 aromatic heterocycles. The minimum absolute atomic E-state index is 0.00790. The Balaban J connectivity index is 1.54. The van der Waals surface area contributed by atoms with Crippen LogP contribution < -0.4 is 21.4 Å². The molecule has 5 unspecified atom stereocenters. The smallest absolute Gasteiger partial charge is 0.239 e. The van der Waals surface area contributed by atoms with Gasteiger partial charge in [-0.15, -0.1) is 4.99 Å². The molecule has 10 heteroatoms. The number of amides is 2. The van der Waals surface area contributed by atoms with E-state index in [0.717, 1.165) is 44.2 Å². The summed E-state index contributed by atoms with van der Waals surface area (Å²) in [5, 5.41) is 30.7. The molecule has 43 heavy (non-hydrogen) atoms. The van der Waals surface area contributed by atoms with Crippen molar-refractivity contribution in [3.63, 3.8) is 0 Å². The van der Waals surface area contributed by atoms with E-state index in [0.29, 0.717) is 30.7 Å². The Labute approximate surface area is 257 Å². The Kier molecular flexibility index (Phi) is 11.6. The lowest BCUT2D eigenvalue weighted by molar-refractivity contribution is -0.309. The number of β-amino-alcohol motifs (C(OH)–C–C–N with tert-alkyl or cyclic N) is 1. The average Bonchev–Trinajstić information content (AvgIpc) is 3.76. The molecule has 2 amide bonds. The normalized spacial score (nSPS) is 25.3. The van der Waals surface area contributed by atoms with Crippen LogP contribution in [0.25, 0.3) is 0 Å². The Morgan fingerprint density at radius 1 is 1.02 bits per heavy atom. The summed E-state index contributed by atoms with van der Waals surface area (Å²) >= 11 is 0. The Bertz CT molecular complexity index is 1040. The van der Waals surface area contributed by atoms with E-state index in [-0.39, 0.29) is 29.9 Å². The third-order valence-corrected chi connectivity index (χ3v) is 9.42. The molecule has 1 saturated heterocycles. The summed E-state index contributed by atoms with van der Waals surface area (Å²) in [6, 6.07) is 8.19. The van der Waals surface area contributed by atoms with Gasteiger partial charge < -0.3 is 21.1 Å². The fourth-order valence-corrected chi connectivity index (χ4v) is 6.87. The molecule has 3 aliphatic rings. The van der Waals surface area contributed by atoms with Crippen LogP contribution in [0.4, 0.5) is 0 Å². The van der Waals surface area contributed by atoms with Gasteiger partial charge in [0.15, 0.2) is 0 Å². The van der Waals surface area contributed by atoms with Gasteiger partial charge in [-0.05, 0) is 96.6 Å². The van der Waals surface area contributed by atoms with Crippen LogP contribution in [-0.2, 0) is 21.0 Å². The van der Waals surface area contributed by atoms with Crippen molar-refractivity contribution < 1.29 is 24.9 Å². The van der Waals surface area contributed by atoms with Crippen molar-refractivity contribution in [1.29, 1.82) is 0 Å². The van der Waals surface area contributed by atoms with Gasteiger partial charge in [0, 0.05) is 18.6 Å². The summed E-state index contributed by atoms with van der Waals surface area (Å²) in [7, 11) is 0. The van der Waals surface area contributed by atoms with Crippen LogP contribution in [0.5, 0.6) is 0 Å². The molecule has 3 fully saturated rings. The lowest BCUT2D eigenvalue weighted by Gasteiger charge is -2.47. The van der Waals surface area contributed by atoms with Crippen LogP contribution in [0.2, 0.25) is 0 Å². The molecule has 4 rings (SSSR count). The summed E-state index contributed by atoms with van der Waals surface area (Å²) in [5.41, 5.74) is 2.26. The van der Waals surface area contributed by atoms with E-state index in [1.54, 1.807) is 13.8 Å². The SMILES string of the molecule is CC(C)(C)NC(=O)C1CC2CCCCC2CN1CC(O)C(Cc1ccccc1)NC(=O)[C@@H](NCC1CC1)C(C)(C)NOO. The molecule has 2 aliphatic carbocycles. The van der Waals surface area contributed by atoms with Gasteiger partial charge in [-0.2, -0.15) is 5.48 Å². The number of rotatable bonds is 14. The highest BCUT2D eigenvalue weighted by molar-refractivity contribution is 5.84. The number of benzene rings is 1. The van der Waals surface area contributed by atoms with Crippen molar-refractivity contribution in [2.45, 2.75) is 121 Å². The predicted molar refractivity (Wildman–Crippen MR) is 167 cm³/mol. The number of piperidine rings is 1.